The van der Waals surface area contributed by atoms with E-state index in [1.165, 1.54) is 16.3 Å². The summed E-state index contributed by atoms with van der Waals surface area (Å²) in [4.78, 5) is 4.52. The minimum Gasteiger partial charge on any atom is -0.497 e. The minimum atomic E-state index is 0.861. The van der Waals surface area contributed by atoms with Crippen molar-refractivity contribution in [1.29, 1.82) is 0 Å². The number of benzene rings is 2. The Morgan fingerprint density at radius 2 is 1.68 bits per heavy atom. The lowest BCUT2D eigenvalue weighted by atomic mass is 10.1. The molecule has 0 N–H and O–H groups in total. The number of aromatic nitrogens is 1. The highest BCUT2D eigenvalue weighted by Crippen LogP contribution is 2.24. The Kier molecular flexibility index (Phi) is 2.92. The third-order valence-electron chi connectivity index (χ3n) is 3.26. The summed E-state index contributed by atoms with van der Waals surface area (Å²) in [5.41, 5.74) is 3.35. The molecule has 0 radical (unpaired) electrons. The van der Waals surface area contributed by atoms with Crippen molar-refractivity contribution >= 4 is 10.8 Å². The average molecular weight is 249 g/mol. The van der Waals surface area contributed by atoms with Gasteiger partial charge >= 0.3 is 0 Å². The molecular formula is C17H15NO. The first-order chi connectivity index (χ1) is 9.26. The van der Waals surface area contributed by atoms with Crippen molar-refractivity contribution < 1.29 is 4.74 Å². The molecule has 0 bridgehead atoms. The molecule has 3 rings (SSSR count). The lowest BCUT2D eigenvalue weighted by Crippen LogP contribution is -1.86. The zero-order valence-corrected chi connectivity index (χ0v) is 11.1. The second kappa shape index (κ2) is 4.73. The molecule has 0 saturated heterocycles. The van der Waals surface area contributed by atoms with Crippen LogP contribution in [0.1, 0.15) is 5.56 Å². The van der Waals surface area contributed by atoms with Gasteiger partial charge in [0.25, 0.3) is 0 Å². The number of hydrogen-bond acceptors (Lipinski definition) is 2. The maximum atomic E-state index is 5.17. The zero-order valence-electron chi connectivity index (χ0n) is 11.1. The van der Waals surface area contributed by atoms with E-state index in [1.54, 1.807) is 7.11 Å². The molecule has 2 nitrogen and oxygen atoms in total. The van der Waals surface area contributed by atoms with Gasteiger partial charge in [0.1, 0.15) is 5.75 Å². The maximum absolute atomic E-state index is 5.17. The topological polar surface area (TPSA) is 22.1 Å². The average Bonchev–Trinajstić information content (AvgIpc) is 2.46. The monoisotopic (exact) mass is 249 g/mol. The molecule has 0 fully saturated rings. The van der Waals surface area contributed by atoms with Crippen LogP contribution >= 0.6 is 0 Å². The molecule has 0 aliphatic rings. The molecule has 0 aliphatic heterocycles. The molecule has 0 amide bonds. The normalized spacial score (nSPS) is 10.6. The highest BCUT2D eigenvalue weighted by molar-refractivity contribution is 5.85. The van der Waals surface area contributed by atoms with E-state index >= 15 is 0 Å². The van der Waals surface area contributed by atoms with Crippen molar-refractivity contribution in [3.63, 3.8) is 0 Å². The summed E-state index contributed by atoms with van der Waals surface area (Å²) >= 11 is 0. The van der Waals surface area contributed by atoms with Gasteiger partial charge in [-0.05, 0) is 42.6 Å². The Morgan fingerprint density at radius 3 is 2.42 bits per heavy atom. The first-order valence-electron chi connectivity index (χ1n) is 6.27. The molecule has 1 aromatic heterocycles. The van der Waals surface area contributed by atoms with Gasteiger partial charge < -0.3 is 4.74 Å². The van der Waals surface area contributed by atoms with Crippen LogP contribution in [0.5, 0.6) is 5.75 Å². The minimum absolute atomic E-state index is 0.861. The summed E-state index contributed by atoms with van der Waals surface area (Å²) < 4.78 is 5.17. The number of fused-ring (bicyclic) bond motifs is 1. The Labute approximate surface area is 112 Å². The van der Waals surface area contributed by atoms with Gasteiger partial charge in [-0.1, -0.05) is 23.8 Å². The van der Waals surface area contributed by atoms with Crippen LogP contribution in [0.4, 0.5) is 0 Å². The molecule has 0 saturated carbocycles. The lowest BCUT2D eigenvalue weighted by Gasteiger charge is -2.05. The number of ether oxygens (including phenoxy) is 1. The number of rotatable bonds is 2. The Morgan fingerprint density at radius 1 is 0.895 bits per heavy atom. The third kappa shape index (κ3) is 2.29. The Balaban J connectivity index is 2.08. The predicted molar refractivity (Wildman–Crippen MR) is 78.5 cm³/mol. The number of nitrogens with zero attached hydrogens (tertiary/aromatic N) is 1. The van der Waals surface area contributed by atoms with Crippen LogP contribution in [0.25, 0.3) is 22.0 Å². The summed E-state index contributed by atoms with van der Waals surface area (Å²) in [6, 6.07) is 16.5. The van der Waals surface area contributed by atoms with E-state index in [-0.39, 0.29) is 0 Å². The molecule has 19 heavy (non-hydrogen) atoms. The van der Waals surface area contributed by atoms with Gasteiger partial charge in [-0.15, -0.1) is 0 Å². The first kappa shape index (κ1) is 11.7. The van der Waals surface area contributed by atoms with Gasteiger partial charge in [-0.2, -0.15) is 0 Å². The van der Waals surface area contributed by atoms with Crippen molar-refractivity contribution in [2.45, 2.75) is 6.92 Å². The largest absolute Gasteiger partial charge is 0.497 e. The lowest BCUT2D eigenvalue weighted by molar-refractivity contribution is 0.415. The van der Waals surface area contributed by atoms with Crippen LogP contribution in [0.15, 0.2) is 54.7 Å². The van der Waals surface area contributed by atoms with Crippen molar-refractivity contribution in [3.05, 3.63) is 60.3 Å². The molecule has 2 aromatic carbocycles. The zero-order chi connectivity index (χ0) is 13.2. The Bertz CT molecular complexity index is 717. The summed E-state index contributed by atoms with van der Waals surface area (Å²) in [7, 11) is 1.67. The molecule has 0 spiro atoms. The van der Waals surface area contributed by atoms with Crippen LogP contribution in [0, 0.1) is 6.92 Å². The first-order valence-corrected chi connectivity index (χ1v) is 6.27. The second-order valence-corrected chi connectivity index (χ2v) is 4.65. The van der Waals surface area contributed by atoms with Crippen LogP contribution < -0.4 is 4.74 Å². The van der Waals surface area contributed by atoms with E-state index in [1.807, 2.05) is 30.5 Å². The van der Waals surface area contributed by atoms with Crippen LogP contribution in [0.2, 0.25) is 0 Å². The maximum Gasteiger partial charge on any atom is 0.118 e. The second-order valence-electron chi connectivity index (χ2n) is 4.65. The standard InChI is InChI=1S/C17H15NO/c1-12-3-4-14-11-18-17(10-15(14)9-12)13-5-7-16(19-2)8-6-13/h3-11H,1-2H3. The van der Waals surface area contributed by atoms with E-state index < -0.39 is 0 Å². The highest BCUT2D eigenvalue weighted by atomic mass is 16.5. The van der Waals surface area contributed by atoms with E-state index in [0.29, 0.717) is 0 Å². The predicted octanol–water partition coefficient (Wildman–Crippen LogP) is 4.22. The fourth-order valence-electron chi connectivity index (χ4n) is 2.18. The highest BCUT2D eigenvalue weighted by Gasteiger charge is 2.02. The van der Waals surface area contributed by atoms with Crippen molar-refractivity contribution in [3.8, 4) is 17.0 Å². The fraction of sp³-hybridized carbons (Fsp3) is 0.118. The number of hydrogen-bond donors (Lipinski definition) is 0. The summed E-state index contributed by atoms with van der Waals surface area (Å²) in [6.07, 6.45) is 1.92. The number of methoxy groups -OCH3 is 1. The van der Waals surface area contributed by atoms with Crippen molar-refractivity contribution in [2.75, 3.05) is 7.11 Å². The SMILES string of the molecule is COc1ccc(-c2cc3cc(C)ccc3cn2)cc1. The van der Waals surface area contributed by atoms with Gasteiger partial charge in [0.2, 0.25) is 0 Å². The molecule has 0 unspecified atom stereocenters. The summed E-state index contributed by atoms with van der Waals surface area (Å²) in [6.45, 7) is 2.10. The number of aryl methyl sites for hydroxylation is 1. The number of pyridine rings is 1. The van der Waals surface area contributed by atoms with Crippen LogP contribution in [0.3, 0.4) is 0 Å². The molecule has 94 valence electrons. The summed E-state index contributed by atoms with van der Waals surface area (Å²) in [5.74, 6) is 0.861. The van der Waals surface area contributed by atoms with Gasteiger partial charge in [0, 0.05) is 17.1 Å². The fourth-order valence-corrected chi connectivity index (χ4v) is 2.18. The van der Waals surface area contributed by atoms with Gasteiger partial charge in [-0.3, -0.25) is 4.98 Å². The molecule has 0 atom stereocenters. The van der Waals surface area contributed by atoms with E-state index in [4.69, 9.17) is 4.74 Å². The van der Waals surface area contributed by atoms with Gasteiger partial charge in [-0.25, -0.2) is 0 Å². The smallest absolute Gasteiger partial charge is 0.118 e. The van der Waals surface area contributed by atoms with E-state index in [9.17, 15) is 0 Å². The molecule has 0 aliphatic carbocycles. The molecule has 3 aromatic rings. The van der Waals surface area contributed by atoms with Crippen LogP contribution in [-0.4, -0.2) is 12.1 Å². The van der Waals surface area contributed by atoms with E-state index in [0.717, 1.165) is 17.0 Å². The third-order valence-corrected chi connectivity index (χ3v) is 3.26. The molecular weight excluding hydrogens is 234 g/mol. The van der Waals surface area contributed by atoms with Gasteiger partial charge in [0.15, 0.2) is 0 Å². The summed E-state index contributed by atoms with van der Waals surface area (Å²) in [5, 5.41) is 2.39. The molecule has 2 heteroatoms. The van der Waals surface area contributed by atoms with Crippen molar-refractivity contribution in [2.24, 2.45) is 0 Å². The van der Waals surface area contributed by atoms with E-state index in [2.05, 4.69) is 36.2 Å². The van der Waals surface area contributed by atoms with Gasteiger partial charge in [0.05, 0.1) is 12.8 Å². The molecule has 1 heterocycles. The quantitative estimate of drug-likeness (QED) is 0.678. The Hall–Kier alpha value is -2.35. The van der Waals surface area contributed by atoms with Crippen molar-refractivity contribution in [1.82, 2.24) is 4.98 Å². The van der Waals surface area contributed by atoms with Crippen LogP contribution in [-0.2, 0) is 0 Å².